The molecule has 8 nitrogen and oxygen atoms in total. The number of hydrogen-bond donors (Lipinski definition) is 1. The van der Waals surface area contributed by atoms with Crippen molar-refractivity contribution in [3.05, 3.63) is 6.33 Å². The van der Waals surface area contributed by atoms with E-state index in [0.717, 1.165) is 6.42 Å². The molecule has 0 unspecified atom stereocenters. The molecule has 1 N–H and O–H groups in total. The summed E-state index contributed by atoms with van der Waals surface area (Å²) in [7, 11) is 1.27. The summed E-state index contributed by atoms with van der Waals surface area (Å²) in [6.45, 7) is 3.73. The van der Waals surface area contributed by atoms with E-state index in [4.69, 9.17) is 0 Å². The largest absolute Gasteiger partial charge is 0.468 e. The predicted octanol–water partition coefficient (Wildman–Crippen LogP) is -0.450. The van der Waals surface area contributed by atoms with Crippen LogP contribution in [-0.2, 0) is 14.3 Å². The lowest BCUT2D eigenvalue weighted by Gasteiger charge is -2.21. The van der Waals surface area contributed by atoms with Gasteiger partial charge < -0.3 is 10.1 Å². The molecule has 2 atom stereocenters. The third kappa shape index (κ3) is 3.51. The van der Waals surface area contributed by atoms with E-state index >= 15 is 0 Å². The van der Waals surface area contributed by atoms with Crippen LogP contribution in [-0.4, -0.2) is 45.7 Å². The fourth-order valence-corrected chi connectivity index (χ4v) is 1.49. The molecule has 18 heavy (non-hydrogen) atoms. The van der Waals surface area contributed by atoms with Crippen molar-refractivity contribution >= 4 is 11.9 Å². The second-order valence-electron chi connectivity index (χ2n) is 3.91. The topological polar surface area (TPSA) is 99.0 Å². The molecule has 0 saturated heterocycles. The van der Waals surface area contributed by atoms with Crippen LogP contribution in [0.3, 0.4) is 0 Å². The van der Waals surface area contributed by atoms with E-state index in [-0.39, 0.29) is 18.4 Å². The molecule has 100 valence electrons. The molecular weight excluding hydrogens is 238 g/mol. The molecule has 0 aliphatic rings. The first-order chi connectivity index (χ1) is 8.60. The first-order valence-electron chi connectivity index (χ1n) is 5.67. The van der Waals surface area contributed by atoms with Crippen LogP contribution in [0, 0.1) is 5.92 Å². The maximum absolute atomic E-state index is 12.0. The van der Waals surface area contributed by atoms with Gasteiger partial charge in [0.2, 0.25) is 5.91 Å². The maximum atomic E-state index is 12.0. The van der Waals surface area contributed by atoms with Gasteiger partial charge in [-0.05, 0) is 16.3 Å². The highest BCUT2D eigenvalue weighted by molar-refractivity contribution is 5.84. The summed E-state index contributed by atoms with van der Waals surface area (Å²) in [5, 5.41) is 13.3. The number of tetrazole rings is 1. The number of esters is 1. The Balaban J connectivity index is 2.72. The number of carbonyl (C=O) groups is 2. The van der Waals surface area contributed by atoms with Gasteiger partial charge in [-0.25, -0.2) is 4.68 Å². The number of methoxy groups -OCH3 is 1. The Bertz CT molecular complexity index is 392. The Hall–Kier alpha value is -1.99. The van der Waals surface area contributed by atoms with Crippen molar-refractivity contribution in [1.29, 1.82) is 0 Å². The van der Waals surface area contributed by atoms with E-state index in [1.807, 2.05) is 13.8 Å². The molecule has 1 heterocycles. The van der Waals surface area contributed by atoms with Gasteiger partial charge in [0.05, 0.1) is 7.11 Å². The second-order valence-corrected chi connectivity index (χ2v) is 3.91. The van der Waals surface area contributed by atoms with Gasteiger partial charge in [0.1, 0.15) is 18.9 Å². The molecule has 0 radical (unpaired) electrons. The Morgan fingerprint density at radius 1 is 1.50 bits per heavy atom. The smallest absolute Gasteiger partial charge is 0.325 e. The zero-order valence-electron chi connectivity index (χ0n) is 10.7. The van der Waals surface area contributed by atoms with Crippen molar-refractivity contribution in [2.75, 3.05) is 13.7 Å². The van der Waals surface area contributed by atoms with Crippen LogP contribution in [0.5, 0.6) is 0 Å². The van der Waals surface area contributed by atoms with E-state index in [9.17, 15) is 9.59 Å². The van der Waals surface area contributed by atoms with Gasteiger partial charge >= 0.3 is 5.97 Å². The first kappa shape index (κ1) is 14.1. The second kappa shape index (κ2) is 6.67. The van der Waals surface area contributed by atoms with Gasteiger partial charge in [-0.2, -0.15) is 0 Å². The van der Waals surface area contributed by atoms with Gasteiger partial charge in [-0.15, -0.1) is 5.10 Å². The lowest BCUT2D eigenvalue weighted by atomic mass is 9.98. The van der Waals surface area contributed by atoms with Crippen molar-refractivity contribution in [2.45, 2.75) is 26.3 Å². The Morgan fingerprint density at radius 3 is 2.72 bits per heavy atom. The van der Waals surface area contributed by atoms with Gasteiger partial charge in [0, 0.05) is 0 Å². The highest BCUT2D eigenvalue weighted by Crippen LogP contribution is 2.19. The minimum atomic E-state index is -0.533. The molecule has 0 aliphatic carbocycles. The van der Waals surface area contributed by atoms with E-state index in [1.165, 1.54) is 18.1 Å². The third-order valence-corrected chi connectivity index (χ3v) is 2.74. The quantitative estimate of drug-likeness (QED) is 0.691. The number of aromatic nitrogens is 4. The molecule has 1 aromatic heterocycles. The molecule has 0 fully saturated rings. The van der Waals surface area contributed by atoms with Gasteiger partial charge in [-0.1, -0.05) is 20.3 Å². The summed E-state index contributed by atoms with van der Waals surface area (Å²) in [6, 6.07) is -0.533. The third-order valence-electron chi connectivity index (χ3n) is 2.74. The minimum absolute atomic E-state index is 0.0474. The van der Waals surface area contributed by atoms with Crippen molar-refractivity contribution in [2.24, 2.45) is 5.92 Å². The van der Waals surface area contributed by atoms with Crippen molar-refractivity contribution in [3.8, 4) is 0 Å². The van der Waals surface area contributed by atoms with E-state index in [2.05, 4.69) is 25.6 Å². The standard InChI is InChI=1S/C10H17N5O3/c1-4-7(2)9(15-6-12-13-14-15)10(17)11-5-8(16)18-3/h6-7,9H,4-5H2,1-3H3,(H,11,17)/t7-,9-/m0/s1. The number of nitrogens with one attached hydrogen (secondary N) is 1. The summed E-state index contributed by atoms with van der Waals surface area (Å²) in [5.74, 6) is -0.754. The molecule has 0 saturated carbocycles. The molecule has 1 rings (SSSR count). The van der Waals surface area contributed by atoms with E-state index < -0.39 is 12.0 Å². The Kier molecular flexibility index (Phi) is 5.22. The Morgan fingerprint density at radius 2 is 2.22 bits per heavy atom. The molecule has 0 bridgehead atoms. The van der Waals surface area contributed by atoms with Crippen molar-refractivity contribution in [1.82, 2.24) is 25.5 Å². The summed E-state index contributed by atoms with van der Waals surface area (Å²) in [4.78, 5) is 23.0. The van der Waals surface area contributed by atoms with Crippen LogP contribution >= 0.6 is 0 Å². The molecule has 1 amide bonds. The highest BCUT2D eigenvalue weighted by Gasteiger charge is 2.27. The van der Waals surface area contributed by atoms with Crippen LogP contribution < -0.4 is 5.32 Å². The SMILES string of the molecule is CC[C@H](C)[C@@H](C(=O)NCC(=O)OC)n1cnnn1. The van der Waals surface area contributed by atoms with Crippen molar-refractivity contribution in [3.63, 3.8) is 0 Å². The fraction of sp³-hybridized carbons (Fsp3) is 0.700. The predicted molar refractivity (Wildman–Crippen MR) is 61.3 cm³/mol. The zero-order chi connectivity index (χ0) is 13.5. The summed E-state index contributed by atoms with van der Waals surface area (Å²) in [6.07, 6.45) is 2.17. The average Bonchev–Trinajstić information content (AvgIpc) is 2.89. The molecule has 8 heteroatoms. The van der Waals surface area contributed by atoms with Crippen LogP contribution in [0.25, 0.3) is 0 Å². The molecular formula is C10H17N5O3. The number of ether oxygens (including phenoxy) is 1. The maximum Gasteiger partial charge on any atom is 0.325 e. The van der Waals surface area contributed by atoms with E-state index in [1.54, 1.807) is 0 Å². The van der Waals surface area contributed by atoms with Gasteiger partial charge in [0.15, 0.2) is 0 Å². The monoisotopic (exact) mass is 255 g/mol. The van der Waals surface area contributed by atoms with Gasteiger partial charge in [-0.3, -0.25) is 9.59 Å². The van der Waals surface area contributed by atoms with Crippen LogP contribution in [0.15, 0.2) is 6.33 Å². The first-order valence-corrected chi connectivity index (χ1v) is 5.67. The normalized spacial score (nSPS) is 13.7. The fourth-order valence-electron chi connectivity index (χ4n) is 1.49. The summed E-state index contributed by atoms with van der Waals surface area (Å²) >= 11 is 0. The molecule has 0 aliphatic heterocycles. The number of hydrogen-bond acceptors (Lipinski definition) is 6. The number of nitrogens with zero attached hydrogens (tertiary/aromatic N) is 4. The molecule has 0 spiro atoms. The lowest BCUT2D eigenvalue weighted by molar-refractivity contribution is -0.141. The minimum Gasteiger partial charge on any atom is -0.468 e. The van der Waals surface area contributed by atoms with E-state index in [0.29, 0.717) is 0 Å². The van der Waals surface area contributed by atoms with Crippen LogP contribution in [0.1, 0.15) is 26.3 Å². The average molecular weight is 255 g/mol. The van der Waals surface area contributed by atoms with Gasteiger partial charge in [0.25, 0.3) is 0 Å². The number of rotatable bonds is 6. The number of amides is 1. The molecule has 0 aromatic carbocycles. The molecule has 1 aromatic rings. The Labute approximate surface area is 105 Å². The summed E-state index contributed by atoms with van der Waals surface area (Å²) < 4.78 is 5.85. The summed E-state index contributed by atoms with van der Waals surface area (Å²) in [5.41, 5.74) is 0. The van der Waals surface area contributed by atoms with Crippen LogP contribution in [0.4, 0.5) is 0 Å². The number of carbonyl (C=O) groups excluding carboxylic acids is 2. The lowest BCUT2D eigenvalue weighted by Crippen LogP contribution is -2.39. The zero-order valence-corrected chi connectivity index (χ0v) is 10.7. The highest BCUT2D eigenvalue weighted by atomic mass is 16.5. The van der Waals surface area contributed by atoms with Crippen LogP contribution in [0.2, 0.25) is 0 Å². The van der Waals surface area contributed by atoms with Crippen molar-refractivity contribution < 1.29 is 14.3 Å².